The molecule has 2 saturated heterocycles. The van der Waals surface area contributed by atoms with Crippen molar-refractivity contribution < 1.29 is 4.79 Å². The van der Waals surface area contributed by atoms with Gasteiger partial charge >= 0.3 is 0 Å². The Kier molecular flexibility index (Phi) is 6.49. The first-order valence-corrected chi connectivity index (χ1v) is 12.5. The Labute approximate surface area is 194 Å². The van der Waals surface area contributed by atoms with Crippen molar-refractivity contribution >= 4 is 22.4 Å². The number of aromatic nitrogens is 2. The van der Waals surface area contributed by atoms with Crippen LogP contribution in [-0.4, -0.2) is 47.2 Å². The fraction of sp³-hybridized carbons (Fsp3) is 0.423. The molecule has 5 nitrogen and oxygen atoms in total. The lowest BCUT2D eigenvalue weighted by Gasteiger charge is -2.37. The highest BCUT2D eigenvalue weighted by Crippen LogP contribution is 2.32. The lowest BCUT2D eigenvalue weighted by molar-refractivity contribution is -0.137. The number of piperidine rings is 2. The van der Waals surface area contributed by atoms with Crippen LogP contribution in [0.4, 0.5) is 5.13 Å². The second-order valence-corrected chi connectivity index (χ2v) is 9.93. The van der Waals surface area contributed by atoms with E-state index in [1.54, 1.807) is 11.3 Å². The minimum atomic E-state index is 0.151. The number of rotatable bonds is 5. The molecule has 32 heavy (non-hydrogen) atoms. The standard InChI is InChI=1S/C26H30N4OS/c31-25(29-15-11-21(12-16-29)19-20-7-3-1-4-8-20)23-13-17-30(18-14-23)26-28-27-24(32-26)22-9-5-2-6-10-22/h1-10,21,23H,11-19H2. The van der Waals surface area contributed by atoms with Gasteiger partial charge in [-0.05, 0) is 43.6 Å². The largest absolute Gasteiger partial charge is 0.347 e. The first-order valence-electron chi connectivity index (χ1n) is 11.7. The number of carbonyl (C=O) groups is 1. The molecule has 0 aliphatic carbocycles. The highest BCUT2D eigenvalue weighted by molar-refractivity contribution is 7.18. The fourth-order valence-corrected chi connectivity index (χ4v) is 5.82. The first kappa shape index (κ1) is 21.1. The minimum Gasteiger partial charge on any atom is -0.347 e. The number of amides is 1. The first-order chi connectivity index (χ1) is 15.8. The maximum Gasteiger partial charge on any atom is 0.225 e. The Balaban J connectivity index is 1.10. The Morgan fingerprint density at radius 1 is 0.844 bits per heavy atom. The molecule has 0 bridgehead atoms. The minimum absolute atomic E-state index is 0.151. The van der Waals surface area contributed by atoms with Crippen LogP contribution in [0.2, 0.25) is 0 Å². The zero-order chi connectivity index (χ0) is 21.8. The van der Waals surface area contributed by atoms with E-state index in [0.717, 1.165) is 74.0 Å². The lowest BCUT2D eigenvalue weighted by Crippen LogP contribution is -2.45. The zero-order valence-corrected chi connectivity index (χ0v) is 19.2. The van der Waals surface area contributed by atoms with Gasteiger partial charge < -0.3 is 9.80 Å². The van der Waals surface area contributed by atoms with Gasteiger partial charge in [-0.1, -0.05) is 72.0 Å². The fourth-order valence-electron chi connectivity index (χ4n) is 4.92. The molecule has 0 N–H and O–H groups in total. The molecule has 5 rings (SSSR count). The van der Waals surface area contributed by atoms with Crippen molar-refractivity contribution in [2.24, 2.45) is 11.8 Å². The van der Waals surface area contributed by atoms with E-state index < -0.39 is 0 Å². The molecular weight excluding hydrogens is 416 g/mol. The molecule has 0 radical (unpaired) electrons. The third-order valence-corrected chi connectivity index (χ3v) is 7.88. The van der Waals surface area contributed by atoms with Gasteiger partial charge in [0.15, 0.2) is 0 Å². The van der Waals surface area contributed by atoms with Crippen molar-refractivity contribution in [2.75, 3.05) is 31.1 Å². The van der Waals surface area contributed by atoms with E-state index in [0.29, 0.717) is 11.8 Å². The summed E-state index contributed by atoms with van der Waals surface area (Å²) in [5, 5.41) is 10.7. The number of nitrogens with zero attached hydrogens (tertiary/aromatic N) is 4. The van der Waals surface area contributed by atoms with E-state index in [1.807, 2.05) is 18.2 Å². The predicted molar refractivity (Wildman–Crippen MR) is 130 cm³/mol. The second kappa shape index (κ2) is 9.82. The monoisotopic (exact) mass is 446 g/mol. The molecule has 3 aromatic rings. The van der Waals surface area contributed by atoms with Gasteiger partial charge in [-0.15, -0.1) is 10.2 Å². The van der Waals surface area contributed by atoms with Crippen LogP contribution < -0.4 is 4.90 Å². The van der Waals surface area contributed by atoms with Gasteiger partial charge in [0.1, 0.15) is 5.01 Å². The van der Waals surface area contributed by atoms with E-state index in [-0.39, 0.29) is 5.92 Å². The number of hydrogen-bond acceptors (Lipinski definition) is 5. The summed E-state index contributed by atoms with van der Waals surface area (Å²) in [6.07, 6.45) is 5.18. The molecule has 2 aromatic carbocycles. The van der Waals surface area contributed by atoms with E-state index in [9.17, 15) is 4.79 Å². The van der Waals surface area contributed by atoms with E-state index in [4.69, 9.17) is 0 Å². The molecule has 6 heteroatoms. The smallest absolute Gasteiger partial charge is 0.225 e. The number of hydrogen-bond donors (Lipinski definition) is 0. The van der Waals surface area contributed by atoms with Crippen molar-refractivity contribution in [1.29, 1.82) is 0 Å². The second-order valence-electron chi connectivity index (χ2n) is 8.98. The molecule has 1 aromatic heterocycles. The third kappa shape index (κ3) is 4.85. The molecule has 3 heterocycles. The molecule has 2 aliphatic rings. The molecule has 2 fully saturated rings. The topological polar surface area (TPSA) is 49.3 Å². The number of anilines is 1. The average molecular weight is 447 g/mol. The Morgan fingerprint density at radius 3 is 2.19 bits per heavy atom. The Hall–Kier alpha value is -2.73. The van der Waals surface area contributed by atoms with Crippen molar-refractivity contribution in [2.45, 2.75) is 32.1 Å². The van der Waals surface area contributed by atoms with Crippen LogP contribution in [0.1, 0.15) is 31.2 Å². The highest BCUT2D eigenvalue weighted by Gasteiger charge is 2.31. The number of benzene rings is 2. The van der Waals surface area contributed by atoms with Gasteiger partial charge in [0.05, 0.1) is 0 Å². The third-order valence-electron chi connectivity index (χ3n) is 6.84. The maximum absolute atomic E-state index is 13.1. The number of carbonyl (C=O) groups excluding carboxylic acids is 1. The van der Waals surface area contributed by atoms with E-state index >= 15 is 0 Å². The average Bonchev–Trinajstić information content (AvgIpc) is 3.36. The molecular formula is C26H30N4OS. The number of likely N-dealkylation sites (tertiary alicyclic amines) is 1. The van der Waals surface area contributed by atoms with Gasteiger partial charge in [0, 0.05) is 37.7 Å². The summed E-state index contributed by atoms with van der Waals surface area (Å²) in [4.78, 5) is 17.5. The molecule has 0 saturated carbocycles. The summed E-state index contributed by atoms with van der Waals surface area (Å²) in [6.45, 7) is 3.58. The van der Waals surface area contributed by atoms with Crippen LogP contribution in [0.25, 0.3) is 10.6 Å². The summed E-state index contributed by atoms with van der Waals surface area (Å²) >= 11 is 1.64. The molecule has 2 aliphatic heterocycles. The summed E-state index contributed by atoms with van der Waals surface area (Å²) in [7, 11) is 0. The summed E-state index contributed by atoms with van der Waals surface area (Å²) in [5.41, 5.74) is 2.52. The van der Waals surface area contributed by atoms with Crippen LogP contribution in [0, 0.1) is 11.8 Å². The molecule has 0 spiro atoms. The van der Waals surface area contributed by atoms with Crippen molar-refractivity contribution in [3.05, 3.63) is 66.2 Å². The van der Waals surface area contributed by atoms with Gasteiger partial charge in [-0.3, -0.25) is 4.79 Å². The molecule has 166 valence electrons. The van der Waals surface area contributed by atoms with Crippen LogP contribution in [0.15, 0.2) is 60.7 Å². The summed E-state index contributed by atoms with van der Waals surface area (Å²) in [5.74, 6) is 1.21. The van der Waals surface area contributed by atoms with Gasteiger partial charge in [-0.2, -0.15) is 0 Å². The summed E-state index contributed by atoms with van der Waals surface area (Å²) < 4.78 is 0. The van der Waals surface area contributed by atoms with Crippen molar-refractivity contribution in [3.8, 4) is 10.6 Å². The molecule has 0 atom stereocenters. The van der Waals surface area contributed by atoms with Crippen LogP contribution in [0.5, 0.6) is 0 Å². The quantitative estimate of drug-likeness (QED) is 0.559. The van der Waals surface area contributed by atoms with Crippen molar-refractivity contribution in [3.63, 3.8) is 0 Å². The van der Waals surface area contributed by atoms with E-state index in [2.05, 4.69) is 62.5 Å². The summed E-state index contributed by atoms with van der Waals surface area (Å²) in [6, 6.07) is 20.9. The molecule has 1 amide bonds. The predicted octanol–water partition coefficient (Wildman–Crippen LogP) is 4.90. The van der Waals surface area contributed by atoms with Gasteiger partial charge in [0.2, 0.25) is 11.0 Å². The van der Waals surface area contributed by atoms with Gasteiger partial charge in [0.25, 0.3) is 0 Å². The lowest BCUT2D eigenvalue weighted by atomic mass is 9.88. The van der Waals surface area contributed by atoms with Gasteiger partial charge in [-0.25, -0.2) is 0 Å². The maximum atomic E-state index is 13.1. The Morgan fingerprint density at radius 2 is 1.50 bits per heavy atom. The zero-order valence-electron chi connectivity index (χ0n) is 18.4. The Bertz CT molecular complexity index is 1010. The molecule has 0 unspecified atom stereocenters. The van der Waals surface area contributed by atoms with Crippen LogP contribution >= 0.6 is 11.3 Å². The normalized spacial score (nSPS) is 18.1. The van der Waals surface area contributed by atoms with E-state index in [1.165, 1.54) is 5.56 Å². The SMILES string of the molecule is O=C(C1CCN(c2nnc(-c3ccccc3)s2)CC1)N1CCC(Cc2ccccc2)CC1. The van der Waals surface area contributed by atoms with Crippen LogP contribution in [0.3, 0.4) is 0 Å². The van der Waals surface area contributed by atoms with Crippen molar-refractivity contribution in [1.82, 2.24) is 15.1 Å². The highest BCUT2D eigenvalue weighted by atomic mass is 32.1. The van der Waals surface area contributed by atoms with Crippen LogP contribution in [-0.2, 0) is 11.2 Å².